The van der Waals surface area contributed by atoms with Crippen LogP contribution in [0.2, 0.25) is 5.15 Å². The molecule has 1 amide bonds. The number of amides is 1. The summed E-state index contributed by atoms with van der Waals surface area (Å²) in [5.41, 5.74) is 1.29. The van der Waals surface area contributed by atoms with E-state index in [-0.39, 0.29) is 11.3 Å². The average Bonchev–Trinajstić information content (AvgIpc) is 2.33. The Bertz CT molecular complexity index is 480. The maximum absolute atomic E-state index is 12.4. The highest BCUT2D eigenvalue weighted by Crippen LogP contribution is 2.23. The van der Waals surface area contributed by atoms with Crippen LogP contribution in [0.1, 0.15) is 36.8 Å². The summed E-state index contributed by atoms with van der Waals surface area (Å²) < 4.78 is 0. The quantitative estimate of drug-likeness (QED) is 0.802. The van der Waals surface area contributed by atoms with E-state index < -0.39 is 0 Å². The number of hydrogen-bond acceptors (Lipinski definition) is 3. The van der Waals surface area contributed by atoms with Gasteiger partial charge in [0, 0.05) is 36.8 Å². The fraction of sp³-hybridized carbons (Fsp3) is 0.600. The van der Waals surface area contributed by atoms with Crippen molar-refractivity contribution >= 4 is 17.5 Å². The summed E-state index contributed by atoms with van der Waals surface area (Å²) in [5.74, 6) is -0.0262. The minimum absolute atomic E-state index is 0.0262. The molecule has 0 aliphatic carbocycles. The molecular weight excluding hydrogens is 274 g/mol. The molecule has 0 bridgehead atoms. The van der Waals surface area contributed by atoms with Crippen LogP contribution in [0.5, 0.6) is 0 Å². The van der Waals surface area contributed by atoms with Crippen LogP contribution < -0.4 is 0 Å². The number of pyridine rings is 1. The lowest BCUT2D eigenvalue weighted by Gasteiger charge is -2.22. The van der Waals surface area contributed by atoms with E-state index >= 15 is 0 Å². The molecular formula is C15H24ClN3O. The van der Waals surface area contributed by atoms with Gasteiger partial charge in [-0.2, -0.15) is 0 Å². The predicted octanol–water partition coefficient (Wildman–Crippen LogP) is 2.67. The van der Waals surface area contributed by atoms with Crippen molar-refractivity contribution in [3.8, 4) is 0 Å². The topological polar surface area (TPSA) is 36.4 Å². The van der Waals surface area contributed by atoms with E-state index in [0.717, 1.165) is 12.2 Å². The van der Waals surface area contributed by atoms with Crippen LogP contribution in [0, 0.1) is 0 Å². The van der Waals surface area contributed by atoms with Gasteiger partial charge < -0.3 is 9.80 Å². The Morgan fingerprint density at radius 3 is 2.30 bits per heavy atom. The minimum atomic E-state index is -0.137. The molecule has 0 saturated carbocycles. The zero-order valence-corrected chi connectivity index (χ0v) is 14.0. The van der Waals surface area contributed by atoms with Crippen LogP contribution in [-0.4, -0.2) is 54.9 Å². The molecule has 112 valence electrons. The highest BCUT2D eigenvalue weighted by atomic mass is 35.5. The first-order valence-electron chi connectivity index (χ1n) is 6.69. The highest BCUT2D eigenvalue weighted by Gasteiger charge is 2.20. The lowest BCUT2D eigenvalue weighted by Crippen LogP contribution is -2.33. The van der Waals surface area contributed by atoms with E-state index in [9.17, 15) is 4.79 Å². The third kappa shape index (κ3) is 4.76. The fourth-order valence-corrected chi connectivity index (χ4v) is 1.89. The summed E-state index contributed by atoms with van der Waals surface area (Å²) in [5, 5.41) is 0.363. The minimum Gasteiger partial charge on any atom is -0.340 e. The maximum atomic E-state index is 12.4. The normalized spacial score (nSPS) is 11.8. The standard InChI is InChI=1S/C15H24ClN3O/c1-15(2,3)12-9-11(10-13(16)17-12)14(20)19(6)8-7-18(4)5/h9-10H,7-8H2,1-6H3. The molecule has 0 radical (unpaired) electrons. The number of hydrogen-bond donors (Lipinski definition) is 0. The Labute approximate surface area is 126 Å². The van der Waals surface area contributed by atoms with Crippen LogP contribution >= 0.6 is 11.6 Å². The van der Waals surface area contributed by atoms with Crippen molar-refractivity contribution in [3.63, 3.8) is 0 Å². The molecule has 0 aliphatic heterocycles. The second kappa shape index (κ2) is 6.55. The molecule has 0 fully saturated rings. The number of carbonyl (C=O) groups is 1. The first-order chi connectivity index (χ1) is 9.11. The molecule has 0 aromatic carbocycles. The molecule has 1 rings (SSSR count). The number of likely N-dealkylation sites (N-methyl/N-ethyl adjacent to an activating group) is 2. The van der Waals surface area contributed by atoms with Crippen LogP contribution in [0.25, 0.3) is 0 Å². The summed E-state index contributed by atoms with van der Waals surface area (Å²) in [7, 11) is 5.77. The van der Waals surface area contributed by atoms with Gasteiger partial charge in [-0.25, -0.2) is 4.98 Å². The number of halogens is 1. The van der Waals surface area contributed by atoms with Crippen molar-refractivity contribution in [1.29, 1.82) is 0 Å². The summed E-state index contributed by atoms with van der Waals surface area (Å²) in [6.07, 6.45) is 0. The molecule has 0 aliphatic rings. The van der Waals surface area contributed by atoms with Gasteiger partial charge in [0.25, 0.3) is 5.91 Å². The monoisotopic (exact) mass is 297 g/mol. The second-order valence-electron chi connectivity index (χ2n) is 6.34. The Morgan fingerprint density at radius 2 is 1.80 bits per heavy atom. The van der Waals surface area contributed by atoms with Gasteiger partial charge in [-0.05, 0) is 26.2 Å². The molecule has 1 aromatic heterocycles. The van der Waals surface area contributed by atoms with Gasteiger partial charge in [0.05, 0.1) is 0 Å². The average molecular weight is 298 g/mol. The van der Waals surface area contributed by atoms with E-state index in [1.54, 1.807) is 18.0 Å². The van der Waals surface area contributed by atoms with Crippen LogP contribution in [0.15, 0.2) is 12.1 Å². The molecule has 1 heterocycles. The molecule has 4 nitrogen and oxygen atoms in total. The fourth-order valence-electron chi connectivity index (χ4n) is 1.68. The zero-order valence-electron chi connectivity index (χ0n) is 13.2. The molecule has 1 aromatic rings. The predicted molar refractivity (Wildman–Crippen MR) is 83.5 cm³/mol. The van der Waals surface area contributed by atoms with E-state index in [1.165, 1.54) is 0 Å². The first-order valence-corrected chi connectivity index (χ1v) is 7.07. The van der Waals surface area contributed by atoms with Crippen LogP contribution in [0.3, 0.4) is 0 Å². The van der Waals surface area contributed by atoms with E-state index in [1.807, 2.05) is 25.1 Å². The number of aromatic nitrogens is 1. The van der Waals surface area contributed by atoms with Gasteiger partial charge in [0.15, 0.2) is 0 Å². The SMILES string of the molecule is CN(C)CCN(C)C(=O)c1cc(Cl)nc(C(C)(C)C)c1. The van der Waals surface area contributed by atoms with E-state index in [4.69, 9.17) is 11.6 Å². The summed E-state index contributed by atoms with van der Waals surface area (Å²) in [6, 6.07) is 3.46. The van der Waals surface area contributed by atoms with Gasteiger partial charge >= 0.3 is 0 Å². The van der Waals surface area contributed by atoms with Gasteiger partial charge in [0.1, 0.15) is 5.15 Å². The second-order valence-corrected chi connectivity index (χ2v) is 6.73. The number of rotatable bonds is 4. The Hall–Kier alpha value is -1.13. The van der Waals surface area contributed by atoms with Gasteiger partial charge in [0.2, 0.25) is 0 Å². The van der Waals surface area contributed by atoms with Gasteiger partial charge in [-0.15, -0.1) is 0 Å². The third-order valence-corrected chi connectivity index (χ3v) is 3.23. The van der Waals surface area contributed by atoms with Crippen LogP contribution in [0.4, 0.5) is 0 Å². The largest absolute Gasteiger partial charge is 0.340 e. The summed E-state index contributed by atoms with van der Waals surface area (Å²) in [4.78, 5) is 20.5. The van der Waals surface area contributed by atoms with Crippen molar-refractivity contribution in [3.05, 3.63) is 28.5 Å². The number of carbonyl (C=O) groups excluding carboxylic acids is 1. The van der Waals surface area contributed by atoms with Crippen molar-refractivity contribution in [1.82, 2.24) is 14.8 Å². The van der Waals surface area contributed by atoms with Gasteiger partial charge in [-0.3, -0.25) is 4.79 Å². The van der Waals surface area contributed by atoms with Crippen molar-refractivity contribution < 1.29 is 4.79 Å². The van der Waals surface area contributed by atoms with Crippen LogP contribution in [-0.2, 0) is 5.41 Å². The zero-order chi connectivity index (χ0) is 15.5. The van der Waals surface area contributed by atoms with E-state index in [0.29, 0.717) is 17.3 Å². The Balaban J connectivity index is 2.96. The molecule has 0 atom stereocenters. The van der Waals surface area contributed by atoms with E-state index in [2.05, 4.69) is 25.8 Å². The lowest BCUT2D eigenvalue weighted by molar-refractivity contribution is 0.0786. The Morgan fingerprint density at radius 1 is 1.20 bits per heavy atom. The smallest absolute Gasteiger partial charge is 0.253 e. The molecule has 20 heavy (non-hydrogen) atoms. The molecule has 5 heteroatoms. The molecule has 0 spiro atoms. The number of nitrogens with zero attached hydrogens (tertiary/aromatic N) is 3. The highest BCUT2D eigenvalue weighted by molar-refractivity contribution is 6.29. The third-order valence-electron chi connectivity index (χ3n) is 3.04. The van der Waals surface area contributed by atoms with Gasteiger partial charge in [-0.1, -0.05) is 32.4 Å². The summed E-state index contributed by atoms with van der Waals surface area (Å²) >= 11 is 6.04. The molecule has 0 N–H and O–H groups in total. The molecule has 0 saturated heterocycles. The van der Waals surface area contributed by atoms with Crippen molar-refractivity contribution in [2.45, 2.75) is 26.2 Å². The lowest BCUT2D eigenvalue weighted by atomic mass is 9.91. The first kappa shape index (κ1) is 16.9. The Kier molecular flexibility index (Phi) is 5.54. The molecule has 0 unspecified atom stereocenters. The summed E-state index contributed by atoms with van der Waals surface area (Å²) in [6.45, 7) is 7.66. The van der Waals surface area contributed by atoms with Crippen molar-refractivity contribution in [2.24, 2.45) is 0 Å². The van der Waals surface area contributed by atoms with Crippen molar-refractivity contribution in [2.75, 3.05) is 34.2 Å². The maximum Gasteiger partial charge on any atom is 0.253 e.